The zero-order chi connectivity index (χ0) is 17.7. The highest BCUT2D eigenvalue weighted by Gasteiger charge is 2.17. The van der Waals surface area contributed by atoms with Crippen molar-refractivity contribution >= 4 is 23.0 Å². The first-order valence-corrected chi connectivity index (χ1v) is 7.03. The largest absolute Gasteiger partial charge is 0.496 e. The summed E-state index contributed by atoms with van der Waals surface area (Å²) in [5.74, 6) is -0.566. The lowest BCUT2D eigenvalue weighted by Gasteiger charge is -2.09. The van der Waals surface area contributed by atoms with E-state index in [0.717, 1.165) is 0 Å². The number of amides is 1. The van der Waals surface area contributed by atoms with Gasteiger partial charge in [0, 0.05) is 5.69 Å². The Morgan fingerprint density at radius 2 is 2.04 bits per heavy atom. The third kappa shape index (κ3) is 4.19. The number of carbonyl (C=O) groups is 1. The van der Waals surface area contributed by atoms with Gasteiger partial charge in [-0.1, -0.05) is 6.07 Å². The highest BCUT2D eigenvalue weighted by atomic mass is 19.1. The fraction of sp³-hybridized carbons (Fsp3) is 0.188. The molecule has 0 radical (unpaired) electrons. The maximum Gasteiger partial charge on any atom is 0.296 e. The van der Waals surface area contributed by atoms with Crippen molar-refractivity contribution in [3.8, 4) is 5.75 Å². The normalized spacial score (nSPS) is 10.1. The summed E-state index contributed by atoms with van der Waals surface area (Å²) in [6, 6.07) is 8.62. The van der Waals surface area contributed by atoms with E-state index < -0.39 is 10.8 Å². The van der Waals surface area contributed by atoms with Crippen LogP contribution in [0.15, 0.2) is 36.4 Å². The Balaban J connectivity index is 2.04. The molecule has 7 nitrogen and oxygen atoms in total. The number of nitro groups is 1. The molecule has 0 unspecified atom stereocenters. The summed E-state index contributed by atoms with van der Waals surface area (Å²) in [6.07, 6.45) is 0. The average Bonchev–Trinajstić information content (AvgIpc) is 2.56. The molecule has 24 heavy (non-hydrogen) atoms. The van der Waals surface area contributed by atoms with Crippen LogP contribution in [0.1, 0.15) is 5.56 Å². The number of hydrogen-bond acceptors (Lipinski definition) is 5. The van der Waals surface area contributed by atoms with Gasteiger partial charge in [0.25, 0.3) is 5.69 Å². The lowest BCUT2D eigenvalue weighted by atomic mass is 10.2. The van der Waals surface area contributed by atoms with Gasteiger partial charge >= 0.3 is 0 Å². The molecular formula is C16H16FN3O4. The number of nitrogens with one attached hydrogen (secondary N) is 2. The van der Waals surface area contributed by atoms with E-state index in [1.54, 1.807) is 19.1 Å². The summed E-state index contributed by atoms with van der Waals surface area (Å²) < 4.78 is 18.4. The highest BCUT2D eigenvalue weighted by molar-refractivity contribution is 5.95. The highest BCUT2D eigenvalue weighted by Crippen LogP contribution is 2.28. The number of nitro benzene ring substituents is 1. The van der Waals surface area contributed by atoms with Crippen LogP contribution >= 0.6 is 0 Å². The number of hydrogen-bond donors (Lipinski definition) is 2. The van der Waals surface area contributed by atoms with Gasteiger partial charge in [-0.05, 0) is 36.8 Å². The second kappa shape index (κ2) is 7.40. The maximum atomic E-state index is 13.4. The molecule has 0 spiro atoms. The van der Waals surface area contributed by atoms with E-state index in [9.17, 15) is 19.3 Å². The lowest BCUT2D eigenvalue weighted by Crippen LogP contribution is -2.22. The molecule has 0 aliphatic heterocycles. The van der Waals surface area contributed by atoms with Gasteiger partial charge in [-0.3, -0.25) is 14.9 Å². The Hall–Kier alpha value is -3.16. The first kappa shape index (κ1) is 17.2. The predicted octanol–water partition coefficient (Wildman–Crippen LogP) is 3.10. The van der Waals surface area contributed by atoms with Crippen molar-refractivity contribution in [1.82, 2.24) is 0 Å². The number of benzene rings is 2. The van der Waals surface area contributed by atoms with Crippen LogP contribution in [0.25, 0.3) is 0 Å². The van der Waals surface area contributed by atoms with E-state index in [2.05, 4.69) is 10.6 Å². The van der Waals surface area contributed by atoms with E-state index in [1.165, 1.54) is 31.4 Å². The number of ether oxygens (including phenoxy) is 1. The van der Waals surface area contributed by atoms with Crippen molar-refractivity contribution in [2.45, 2.75) is 6.92 Å². The molecule has 0 saturated carbocycles. The lowest BCUT2D eigenvalue weighted by molar-refractivity contribution is -0.384. The van der Waals surface area contributed by atoms with Gasteiger partial charge in [0.2, 0.25) is 5.91 Å². The van der Waals surface area contributed by atoms with Crippen LogP contribution < -0.4 is 15.4 Å². The Morgan fingerprint density at radius 3 is 2.67 bits per heavy atom. The monoisotopic (exact) mass is 333 g/mol. The van der Waals surface area contributed by atoms with Gasteiger partial charge in [0.05, 0.1) is 24.6 Å². The minimum Gasteiger partial charge on any atom is -0.496 e. The van der Waals surface area contributed by atoms with Crippen molar-refractivity contribution < 1.29 is 18.8 Å². The number of rotatable bonds is 6. The molecule has 126 valence electrons. The molecule has 2 aromatic carbocycles. The van der Waals surface area contributed by atoms with Crippen molar-refractivity contribution in [1.29, 1.82) is 0 Å². The van der Waals surface area contributed by atoms with Gasteiger partial charge in [0.1, 0.15) is 17.3 Å². The number of aryl methyl sites for hydroxylation is 1. The first-order chi connectivity index (χ1) is 11.4. The molecule has 0 fully saturated rings. The number of halogens is 1. The van der Waals surface area contributed by atoms with E-state index in [4.69, 9.17) is 4.74 Å². The molecule has 2 aromatic rings. The van der Waals surface area contributed by atoms with E-state index >= 15 is 0 Å². The van der Waals surface area contributed by atoms with Crippen LogP contribution in [-0.4, -0.2) is 24.5 Å². The molecule has 8 heteroatoms. The number of carbonyl (C=O) groups excluding carboxylic acids is 1. The third-order valence-electron chi connectivity index (χ3n) is 3.30. The fourth-order valence-electron chi connectivity index (χ4n) is 1.97. The van der Waals surface area contributed by atoms with E-state index in [1.807, 2.05) is 0 Å². The Kier molecular flexibility index (Phi) is 5.31. The summed E-state index contributed by atoms with van der Waals surface area (Å²) in [6.45, 7) is 1.47. The second-order valence-electron chi connectivity index (χ2n) is 5.01. The molecule has 0 bridgehead atoms. The first-order valence-electron chi connectivity index (χ1n) is 7.03. The molecule has 0 aromatic heterocycles. The van der Waals surface area contributed by atoms with Gasteiger partial charge < -0.3 is 15.4 Å². The van der Waals surface area contributed by atoms with Crippen LogP contribution in [0.5, 0.6) is 5.75 Å². The van der Waals surface area contributed by atoms with E-state index in [-0.39, 0.29) is 23.7 Å². The second-order valence-corrected chi connectivity index (χ2v) is 5.01. The van der Waals surface area contributed by atoms with Gasteiger partial charge in [-0.15, -0.1) is 0 Å². The van der Waals surface area contributed by atoms with Crippen LogP contribution in [0.3, 0.4) is 0 Å². The quantitative estimate of drug-likeness (QED) is 0.626. The van der Waals surface area contributed by atoms with Crippen molar-refractivity contribution in [3.05, 3.63) is 57.9 Å². The fourth-order valence-corrected chi connectivity index (χ4v) is 1.97. The van der Waals surface area contributed by atoms with Gasteiger partial charge in [0.15, 0.2) is 0 Å². The van der Waals surface area contributed by atoms with Crippen LogP contribution in [0.4, 0.5) is 21.5 Å². The Morgan fingerprint density at radius 1 is 1.29 bits per heavy atom. The van der Waals surface area contributed by atoms with Crippen molar-refractivity contribution in [3.63, 3.8) is 0 Å². The summed E-state index contributed by atoms with van der Waals surface area (Å²) in [5, 5.41) is 16.3. The molecular weight excluding hydrogens is 317 g/mol. The smallest absolute Gasteiger partial charge is 0.296 e. The molecule has 2 rings (SSSR count). The number of nitrogens with zero attached hydrogens (tertiary/aromatic N) is 1. The summed E-state index contributed by atoms with van der Waals surface area (Å²) in [7, 11) is 1.39. The van der Waals surface area contributed by atoms with Gasteiger partial charge in [-0.2, -0.15) is 0 Å². The van der Waals surface area contributed by atoms with Crippen LogP contribution in [0.2, 0.25) is 0 Å². The molecule has 2 N–H and O–H groups in total. The molecule has 0 saturated heterocycles. The summed E-state index contributed by atoms with van der Waals surface area (Å²) in [5.41, 5.74) is 0.725. The zero-order valence-corrected chi connectivity index (χ0v) is 13.1. The molecule has 0 aliphatic rings. The van der Waals surface area contributed by atoms with Crippen molar-refractivity contribution in [2.75, 3.05) is 24.3 Å². The van der Waals surface area contributed by atoms with E-state index in [0.29, 0.717) is 17.0 Å². The number of methoxy groups -OCH3 is 1. The van der Waals surface area contributed by atoms with Crippen LogP contribution in [0, 0.1) is 22.9 Å². The van der Waals surface area contributed by atoms with Gasteiger partial charge in [-0.25, -0.2) is 4.39 Å². The minimum atomic E-state index is -0.610. The molecule has 0 atom stereocenters. The molecule has 1 amide bonds. The number of anilines is 2. The average molecular weight is 333 g/mol. The molecule has 0 heterocycles. The Labute approximate surface area is 137 Å². The molecule has 0 aliphatic carbocycles. The predicted molar refractivity (Wildman–Crippen MR) is 87.9 cm³/mol. The summed E-state index contributed by atoms with van der Waals surface area (Å²) >= 11 is 0. The Bertz CT molecular complexity index is 780. The van der Waals surface area contributed by atoms with Crippen molar-refractivity contribution in [2.24, 2.45) is 0 Å². The van der Waals surface area contributed by atoms with Crippen LogP contribution in [-0.2, 0) is 4.79 Å². The topological polar surface area (TPSA) is 93.5 Å². The SMILES string of the molecule is COc1ccc(NC(=O)CNc2ccc(C)c(F)c2)c([N+](=O)[O-])c1. The minimum absolute atomic E-state index is 0.0580. The third-order valence-corrected chi connectivity index (χ3v) is 3.30. The standard InChI is InChI=1S/C16H16FN3O4/c1-10-3-4-11(7-13(10)17)18-9-16(21)19-14-6-5-12(24-2)8-15(14)20(22)23/h3-8,18H,9H2,1-2H3,(H,19,21). The maximum absolute atomic E-state index is 13.4. The summed E-state index contributed by atoms with van der Waals surface area (Å²) in [4.78, 5) is 22.4. The zero-order valence-electron chi connectivity index (χ0n) is 13.1.